The second kappa shape index (κ2) is 8.59. The number of hydrogen-bond acceptors (Lipinski definition) is 1. The third-order valence-corrected chi connectivity index (χ3v) is 8.53. The molecule has 1 amide bonds. The molecule has 3 aromatic carbocycles. The first-order chi connectivity index (χ1) is 14.5. The number of benzene rings is 3. The monoisotopic (exact) mass is 465 g/mol. The number of amides is 1. The van der Waals surface area contributed by atoms with Gasteiger partial charge in [-0.25, -0.2) is 0 Å². The zero-order valence-electron chi connectivity index (χ0n) is 17.1. The summed E-state index contributed by atoms with van der Waals surface area (Å²) in [4.78, 5) is 15.6. The van der Waals surface area contributed by atoms with Crippen molar-refractivity contribution in [2.45, 2.75) is 25.7 Å². The van der Waals surface area contributed by atoms with E-state index in [1.807, 2.05) is 53.4 Å². The molecule has 4 rings (SSSR count). The Morgan fingerprint density at radius 1 is 0.900 bits per heavy atom. The second-order valence-electron chi connectivity index (χ2n) is 7.79. The van der Waals surface area contributed by atoms with Gasteiger partial charge in [-0.2, -0.15) is 0 Å². The van der Waals surface area contributed by atoms with Crippen LogP contribution in [0.25, 0.3) is 5.70 Å². The van der Waals surface area contributed by atoms with E-state index in [1.54, 1.807) is 12.1 Å². The van der Waals surface area contributed by atoms with E-state index in [1.165, 1.54) is 16.6 Å². The van der Waals surface area contributed by atoms with Crippen molar-refractivity contribution in [1.29, 1.82) is 0 Å². The van der Waals surface area contributed by atoms with Crippen LogP contribution in [-0.4, -0.2) is 25.8 Å². The summed E-state index contributed by atoms with van der Waals surface area (Å²) in [6.07, 6.45) is 0. The Hall–Kier alpha value is -2.68. The van der Waals surface area contributed by atoms with Crippen molar-refractivity contribution in [3.63, 3.8) is 0 Å². The van der Waals surface area contributed by atoms with Gasteiger partial charge in [-0.15, -0.1) is 0 Å². The van der Waals surface area contributed by atoms with E-state index in [9.17, 15) is 9.18 Å². The van der Waals surface area contributed by atoms with E-state index in [-0.39, 0.29) is 26.7 Å². The molecule has 1 heterocycles. The first-order valence-corrected chi connectivity index (χ1v) is 12.1. The first kappa shape index (κ1) is 20.6. The maximum atomic E-state index is 13.7. The SMILES string of the molecule is CC1=C(c2ccc(F)cc2)N(Cc2ccccc2)C(=O)C1(C)C[Se]c1ccccc1. The zero-order chi connectivity index (χ0) is 21.1. The number of nitrogens with zero attached hydrogens (tertiary/aromatic N) is 1. The van der Waals surface area contributed by atoms with Gasteiger partial charge in [0.2, 0.25) is 0 Å². The Morgan fingerprint density at radius 2 is 1.50 bits per heavy atom. The molecule has 30 heavy (non-hydrogen) atoms. The molecule has 1 aliphatic rings. The molecular weight excluding hydrogens is 440 g/mol. The molecule has 0 radical (unpaired) electrons. The zero-order valence-corrected chi connectivity index (χ0v) is 18.9. The Balaban J connectivity index is 1.71. The molecule has 2 nitrogen and oxygen atoms in total. The Morgan fingerprint density at radius 3 is 2.13 bits per heavy atom. The molecule has 0 N–H and O–H groups in total. The van der Waals surface area contributed by atoms with Crippen LogP contribution in [0.3, 0.4) is 0 Å². The van der Waals surface area contributed by atoms with Gasteiger partial charge < -0.3 is 0 Å². The van der Waals surface area contributed by atoms with Gasteiger partial charge in [0.15, 0.2) is 0 Å². The van der Waals surface area contributed by atoms with Crippen LogP contribution in [-0.2, 0) is 11.3 Å². The molecule has 152 valence electrons. The molecule has 1 unspecified atom stereocenters. The van der Waals surface area contributed by atoms with Gasteiger partial charge in [0, 0.05) is 0 Å². The summed E-state index contributed by atoms with van der Waals surface area (Å²) in [7, 11) is 0. The number of carbonyl (C=O) groups excluding carboxylic acids is 1. The summed E-state index contributed by atoms with van der Waals surface area (Å²) in [6, 6.07) is 26.9. The van der Waals surface area contributed by atoms with Crippen LogP contribution < -0.4 is 4.46 Å². The van der Waals surface area contributed by atoms with Crippen molar-refractivity contribution in [3.05, 3.63) is 107 Å². The van der Waals surface area contributed by atoms with Crippen molar-refractivity contribution in [3.8, 4) is 0 Å². The second-order valence-corrected chi connectivity index (χ2v) is 9.99. The molecule has 0 saturated carbocycles. The molecule has 0 spiro atoms. The molecule has 0 aliphatic carbocycles. The normalized spacial score (nSPS) is 18.9. The van der Waals surface area contributed by atoms with Crippen LogP contribution in [0.4, 0.5) is 4.39 Å². The average molecular weight is 464 g/mol. The van der Waals surface area contributed by atoms with Gasteiger partial charge >= 0.3 is 184 Å². The molecular formula is C26H24FNOSe. The fourth-order valence-electron chi connectivity index (χ4n) is 3.83. The van der Waals surface area contributed by atoms with Gasteiger partial charge in [-0.3, -0.25) is 0 Å². The van der Waals surface area contributed by atoms with Crippen molar-refractivity contribution < 1.29 is 9.18 Å². The van der Waals surface area contributed by atoms with Crippen LogP contribution in [0.2, 0.25) is 5.32 Å². The van der Waals surface area contributed by atoms with Gasteiger partial charge in [-0.1, -0.05) is 0 Å². The Bertz CT molecular complexity index is 1060. The topological polar surface area (TPSA) is 20.3 Å². The van der Waals surface area contributed by atoms with Crippen LogP contribution in [0.1, 0.15) is 25.0 Å². The standard InChI is InChI=1S/C26H24FNOSe/c1-19-24(21-13-15-22(27)16-14-21)28(17-20-9-5-3-6-10-20)25(29)26(19,2)18-30-23-11-7-4-8-12-23/h3-16H,17-18H2,1-2H3. The van der Waals surface area contributed by atoms with Gasteiger partial charge in [0.1, 0.15) is 0 Å². The Kier molecular flexibility index (Phi) is 5.89. The molecule has 0 bridgehead atoms. The van der Waals surface area contributed by atoms with Gasteiger partial charge in [-0.05, 0) is 0 Å². The van der Waals surface area contributed by atoms with Crippen molar-refractivity contribution in [1.82, 2.24) is 4.90 Å². The number of hydrogen-bond donors (Lipinski definition) is 0. The summed E-state index contributed by atoms with van der Waals surface area (Å²) in [5.41, 5.74) is 3.38. The Labute approximate surface area is 183 Å². The minimum absolute atomic E-state index is 0.126. The average Bonchev–Trinajstić information content (AvgIpc) is 2.96. The van der Waals surface area contributed by atoms with Crippen LogP contribution in [0, 0.1) is 11.2 Å². The van der Waals surface area contributed by atoms with Gasteiger partial charge in [0.25, 0.3) is 0 Å². The maximum absolute atomic E-state index is 13.7. The van der Waals surface area contributed by atoms with E-state index >= 15 is 0 Å². The summed E-state index contributed by atoms with van der Waals surface area (Å²) in [5.74, 6) is -0.146. The summed E-state index contributed by atoms with van der Waals surface area (Å²) in [6.45, 7) is 4.63. The third kappa shape index (κ3) is 3.98. The van der Waals surface area contributed by atoms with Gasteiger partial charge in [0.05, 0.1) is 0 Å². The summed E-state index contributed by atoms with van der Waals surface area (Å²) >= 11 is 0.184. The van der Waals surface area contributed by atoms with E-state index in [2.05, 4.69) is 26.0 Å². The summed E-state index contributed by atoms with van der Waals surface area (Å²) < 4.78 is 14.8. The third-order valence-electron chi connectivity index (χ3n) is 5.74. The van der Waals surface area contributed by atoms with E-state index < -0.39 is 5.41 Å². The minimum atomic E-state index is -0.561. The molecule has 1 atom stereocenters. The van der Waals surface area contributed by atoms with E-state index in [0.29, 0.717) is 6.54 Å². The van der Waals surface area contributed by atoms with Crippen molar-refractivity contribution in [2.75, 3.05) is 0 Å². The number of rotatable bonds is 6. The fraction of sp³-hybridized carbons (Fsp3) is 0.192. The number of carbonyl (C=O) groups is 1. The number of halogens is 1. The van der Waals surface area contributed by atoms with Crippen LogP contribution >= 0.6 is 0 Å². The van der Waals surface area contributed by atoms with Crippen molar-refractivity contribution >= 4 is 31.0 Å². The summed E-state index contributed by atoms with van der Waals surface area (Å²) in [5, 5.41) is 0.796. The molecule has 1 aliphatic heterocycles. The molecule has 4 heteroatoms. The predicted molar refractivity (Wildman–Crippen MR) is 121 cm³/mol. The van der Waals surface area contributed by atoms with E-state index in [4.69, 9.17) is 0 Å². The molecule has 3 aromatic rings. The molecule has 0 fully saturated rings. The van der Waals surface area contributed by atoms with E-state index in [0.717, 1.165) is 27.7 Å². The van der Waals surface area contributed by atoms with Crippen LogP contribution in [0.15, 0.2) is 90.5 Å². The molecule has 0 aromatic heterocycles. The van der Waals surface area contributed by atoms with Crippen LogP contribution in [0.5, 0.6) is 0 Å². The first-order valence-electron chi connectivity index (χ1n) is 10.00. The quantitative estimate of drug-likeness (QED) is 0.468. The predicted octanol–water partition coefficient (Wildman–Crippen LogP) is 5.05. The fourth-order valence-corrected chi connectivity index (χ4v) is 6.24. The van der Waals surface area contributed by atoms with Crippen molar-refractivity contribution in [2.24, 2.45) is 5.41 Å². The molecule has 0 saturated heterocycles.